The van der Waals surface area contributed by atoms with E-state index in [0.717, 1.165) is 0 Å². The highest BCUT2D eigenvalue weighted by Gasteiger charge is 2.38. The minimum atomic E-state index is -4.11. The van der Waals surface area contributed by atoms with Crippen LogP contribution in [0.3, 0.4) is 0 Å². The van der Waals surface area contributed by atoms with Crippen LogP contribution in [-0.2, 0) is 24.5 Å². The maximum atomic E-state index is 10.7. The molecule has 6 nitrogen and oxygen atoms in total. The SMILES string of the molecule is CS(=O)(=O)C(C(=O)O)S(C)(=O)=O. The fourth-order valence-electron chi connectivity index (χ4n) is 0.684. The van der Waals surface area contributed by atoms with Crippen LogP contribution in [0.4, 0.5) is 0 Å². The van der Waals surface area contributed by atoms with Gasteiger partial charge in [-0.25, -0.2) is 21.6 Å². The summed E-state index contributed by atoms with van der Waals surface area (Å²) in [5, 5.41) is 8.29. The van der Waals surface area contributed by atoms with Crippen molar-refractivity contribution in [3.63, 3.8) is 0 Å². The Morgan fingerprint density at radius 3 is 1.33 bits per heavy atom. The van der Waals surface area contributed by atoms with E-state index in [2.05, 4.69) is 0 Å². The molecule has 0 radical (unpaired) electrons. The molecule has 0 saturated carbocycles. The second-order valence-electron chi connectivity index (χ2n) is 2.33. The van der Waals surface area contributed by atoms with Crippen LogP contribution in [0.15, 0.2) is 0 Å². The number of sulfone groups is 2. The first-order valence-corrected chi connectivity index (χ1v) is 6.58. The summed E-state index contributed by atoms with van der Waals surface area (Å²) in [4.78, 5) is 10.2. The standard InChI is InChI=1S/C4H8O6S2/c1-11(7,8)4(3(5)6)12(2,9)10/h4H,1-2H3,(H,5,6). The lowest BCUT2D eigenvalue weighted by Crippen LogP contribution is -2.36. The number of carbonyl (C=O) groups is 1. The molecular formula is C4H8O6S2. The first-order valence-electron chi connectivity index (χ1n) is 2.67. The molecule has 72 valence electrons. The lowest BCUT2D eigenvalue weighted by Gasteiger charge is -2.06. The molecule has 0 bridgehead atoms. The van der Waals surface area contributed by atoms with E-state index >= 15 is 0 Å². The summed E-state index contributed by atoms with van der Waals surface area (Å²) in [5.41, 5.74) is 0. The van der Waals surface area contributed by atoms with Crippen LogP contribution in [0.25, 0.3) is 0 Å². The van der Waals surface area contributed by atoms with E-state index in [-0.39, 0.29) is 0 Å². The Morgan fingerprint density at radius 1 is 1.08 bits per heavy atom. The molecule has 1 N–H and O–H groups in total. The van der Waals surface area contributed by atoms with Gasteiger partial charge in [0.1, 0.15) is 0 Å². The van der Waals surface area contributed by atoms with Gasteiger partial charge in [0, 0.05) is 12.5 Å². The van der Waals surface area contributed by atoms with Gasteiger partial charge in [0.25, 0.3) is 4.58 Å². The Kier molecular flexibility index (Phi) is 2.86. The largest absolute Gasteiger partial charge is 0.480 e. The zero-order chi connectivity index (χ0) is 10.2. The first-order chi connectivity index (χ1) is 5.07. The van der Waals surface area contributed by atoms with Gasteiger partial charge in [-0.05, 0) is 0 Å². The van der Waals surface area contributed by atoms with Crippen molar-refractivity contribution in [3.8, 4) is 0 Å². The van der Waals surface area contributed by atoms with E-state index < -0.39 is 30.2 Å². The third-order valence-electron chi connectivity index (χ3n) is 0.979. The van der Waals surface area contributed by atoms with Crippen molar-refractivity contribution in [2.45, 2.75) is 4.58 Å². The zero-order valence-corrected chi connectivity index (χ0v) is 8.02. The highest BCUT2D eigenvalue weighted by Crippen LogP contribution is 2.06. The van der Waals surface area contributed by atoms with Crippen molar-refractivity contribution in [1.29, 1.82) is 0 Å². The maximum absolute atomic E-state index is 10.7. The second-order valence-corrected chi connectivity index (χ2v) is 6.89. The Labute approximate surface area is 70.0 Å². The highest BCUT2D eigenvalue weighted by molar-refractivity contribution is 8.09. The van der Waals surface area contributed by atoms with Gasteiger partial charge in [0.05, 0.1) is 0 Å². The quantitative estimate of drug-likeness (QED) is 0.614. The minimum Gasteiger partial charge on any atom is -0.480 e. The molecule has 0 aromatic heterocycles. The second kappa shape index (κ2) is 3.02. The molecule has 0 saturated heterocycles. The minimum absolute atomic E-state index is 0.562. The number of aliphatic carboxylic acids is 1. The lowest BCUT2D eigenvalue weighted by molar-refractivity contribution is -0.134. The summed E-state index contributed by atoms with van der Waals surface area (Å²) in [7, 11) is -8.22. The predicted octanol–water partition coefficient (Wildman–Crippen LogP) is -1.51. The van der Waals surface area contributed by atoms with E-state index in [9.17, 15) is 21.6 Å². The van der Waals surface area contributed by atoms with Crippen LogP contribution in [0.5, 0.6) is 0 Å². The predicted molar refractivity (Wildman–Crippen MR) is 41.1 cm³/mol. The molecular weight excluding hydrogens is 208 g/mol. The van der Waals surface area contributed by atoms with Gasteiger partial charge in [-0.1, -0.05) is 0 Å². The maximum Gasteiger partial charge on any atom is 0.337 e. The Bertz CT molecular complexity index is 342. The van der Waals surface area contributed by atoms with Gasteiger partial charge < -0.3 is 5.11 Å². The number of hydrogen-bond donors (Lipinski definition) is 1. The Morgan fingerprint density at radius 2 is 1.33 bits per heavy atom. The highest BCUT2D eigenvalue weighted by atomic mass is 32.3. The zero-order valence-electron chi connectivity index (χ0n) is 6.38. The summed E-state index contributed by atoms with van der Waals surface area (Å²) in [6.45, 7) is 0. The summed E-state index contributed by atoms with van der Waals surface area (Å²) >= 11 is 0. The first kappa shape index (κ1) is 11.4. The molecule has 0 aromatic rings. The van der Waals surface area contributed by atoms with Crippen LogP contribution in [-0.4, -0.2) is 45.0 Å². The smallest absolute Gasteiger partial charge is 0.337 e. The van der Waals surface area contributed by atoms with Gasteiger partial charge in [-0.3, -0.25) is 0 Å². The lowest BCUT2D eigenvalue weighted by atomic mass is 10.8. The van der Waals surface area contributed by atoms with Gasteiger partial charge in [0.15, 0.2) is 19.7 Å². The summed E-state index contributed by atoms with van der Waals surface area (Å²) in [6, 6.07) is 0. The Balaban J connectivity index is 5.42. The molecule has 0 heterocycles. The number of hydrogen-bond acceptors (Lipinski definition) is 5. The topological polar surface area (TPSA) is 106 Å². The van der Waals surface area contributed by atoms with Crippen molar-refractivity contribution in [1.82, 2.24) is 0 Å². The molecule has 0 rings (SSSR count). The summed E-state index contributed by atoms with van der Waals surface area (Å²) in [5.74, 6) is -1.88. The van der Waals surface area contributed by atoms with E-state index in [4.69, 9.17) is 5.11 Å². The fraction of sp³-hybridized carbons (Fsp3) is 0.750. The van der Waals surface area contributed by atoms with Gasteiger partial charge in [-0.2, -0.15) is 0 Å². The summed E-state index contributed by atoms with van der Waals surface area (Å²) < 4.78 is 40.3. The van der Waals surface area contributed by atoms with Gasteiger partial charge >= 0.3 is 5.97 Å². The van der Waals surface area contributed by atoms with Crippen molar-refractivity contribution < 1.29 is 26.7 Å². The molecule has 0 amide bonds. The van der Waals surface area contributed by atoms with E-state index in [1.54, 1.807) is 0 Å². The van der Waals surface area contributed by atoms with E-state index in [1.807, 2.05) is 0 Å². The third kappa shape index (κ3) is 2.78. The molecule has 0 aromatic carbocycles. The molecule has 0 aliphatic rings. The van der Waals surface area contributed by atoms with E-state index in [0.29, 0.717) is 12.5 Å². The number of carboxylic acid groups (broad SMARTS) is 1. The van der Waals surface area contributed by atoms with Crippen molar-refractivity contribution in [2.24, 2.45) is 0 Å². The van der Waals surface area contributed by atoms with Gasteiger partial charge in [0.2, 0.25) is 0 Å². The van der Waals surface area contributed by atoms with Crippen LogP contribution in [0.1, 0.15) is 0 Å². The number of rotatable bonds is 3. The molecule has 0 spiro atoms. The van der Waals surface area contributed by atoms with Crippen LogP contribution in [0, 0.1) is 0 Å². The van der Waals surface area contributed by atoms with Crippen molar-refractivity contribution in [2.75, 3.05) is 12.5 Å². The summed E-state index contributed by atoms with van der Waals surface area (Å²) in [6.07, 6.45) is 1.12. The third-order valence-corrected chi connectivity index (χ3v) is 5.04. The molecule has 0 aliphatic heterocycles. The average molecular weight is 216 g/mol. The molecule has 0 aliphatic carbocycles. The normalized spacial score (nSPS) is 13.2. The van der Waals surface area contributed by atoms with Gasteiger partial charge in [-0.15, -0.1) is 0 Å². The molecule has 8 heteroatoms. The molecule has 0 fully saturated rings. The van der Waals surface area contributed by atoms with Crippen molar-refractivity contribution >= 4 is 25.6 Å². The molecule has 12 heavy (non-hydrogen) atoms. The van der Waals surface area contributed by atoms with Crippen LogP contribution in [0.2, 0.25) is 0 Å². The van der Waals surface area contributed by atoms with Crippen LogP contribution < -0.4 is 0 Å². The van der Waals surface area contributed by atoms with Crippen molar-refractivity contribution in [3.05, 3.63) is 0 Å². The number of carboxylic acids is 1. The van der Waals surface area contributed by atoms with E-state index in [1.165, 1.54) is 0 Å². The Hall–Kier alpha value is -0.630. The monoisotopic (exact) mass is 216 g/mol. The molecule has 0 atom stereocenters. The average Bonchev–Trinajstić information content (AvgIpc) is 1.49. The molecule has 0 unspecified atom stereocenters. The fourth-order valence-corrected chi connectivity index (χ4v) is 3.96. The van der Waals surface area contributed by atoms with Crippen LogP contribution >= 0.6 is 0 Å².